The largest absolute Gasteiger partial charge is 0.332 e. The number of aryl methyl sites for hydroxylation is 1. The smallest absolute Gasteiger partial charge is 0.109 e. The average Bonchev–Trinajstić information content (AvgIpc) is 2.47. The summed E-state index contributed by atoms with van der Waals surface area (Å²) in [6, 6.07) is 0. The summed E-state index contributed by atoms with van der Waals surface area (Å²) in [6.07, 6.45) is 4.49. The molecule has 2 nitrogen and oxygen atoms in total. The van der Waals surface area contributed by atoms with Crippen molar-refractivity contribution < 1.29 is 0 Å². The highest BCUT2D eigenvalue weighted by molar-refractivity contribution is 5.06. The molecule has 0 saturated carbocycles. The molecule has 2 rings (SSSR count). The lowest BCUT2D eigenvalue weighted by molar-refractivity contribution is 0.297. The second-order valence-corrected chi connectivity index (χ2v) is 4.46. The van der Waals surface area contributed by atoms with Gasteiger partial charge < -0.3 is 4.57 Å². The Hall–Kier alpha value is -0.790. The fraction of sp³-hybridized carbons (Fsp3) is 0.727. The first-order valence-electron chi connectivity index (χ1n) is 5.19. The SMILES string of the molecule is Cc1cnc2n1CCC(C(C)C)C2. The van der Waals surface area contributed by atoms with Crippen molar-refractivity contribution in [2.24, 2.45) is 11.8 Å². The van der Waals surface area contributed by atoms with Gasteiger partial charge in [-0.3, -0.25) is 0 Å². The molecule has 1 aromatic rings. The third kappa shape index (κ3) is 1.50. The summed E-state index contributed by atoms with van der Waals surface area (Å²) >= 11 is 0. The van der Waals surface area contributed by atoms with Gasteiger partial charge in [-0.2, -0.15) is 0 Å². The van der Waals surface area contributed by atoms with E-state index in [1.54, 1.807) is 0 Å². The summed E-state index contributed by atoms with van der Waals surface area (Å²) < 4.78 is 2.36. The van der Waals surface area contributed by atoms with Crippen LogP contribution in [0.5, 0.6) is 0 Å². The third-order valence-electron chi connectivity index (χ3n) is 3.25. The van der Waals surface area contributed by atoms with Crippen molar-refractivity contribution in [3.05, 3.63) is 17.7 Å². The predicted molar refractivity (Wildman–Crippen MR) is 53.6 cm³/mol. The van der Waals surface area contributed by atoms with Crippen LogP contribution >= 0.6 is 0 Å². The molecule has 0 amide bonds. The molecule has 2 heteroatoms. The monoisotopic (exact) mass is 178 g/mol. The normalized spacial score (nSPS) is 22.0. The zero-order chi connectivity index (χ0) is 9.42. The molecule has 0 N–H and O–H groups in total. The molecule has 72 valence electrons. The molecule has 1 atom stereocenters. The zero-order valence-corrected chi connectivity index (χ0v) is 8.75. The van der Waals surface area contributed by atoms with Crippen molar-refractivity contribution in [1.82, 2.24) is 9.55 Å². The van der Waals surface area contributed by atoms with E-state index in [4.69, 9.17) is 0 Å². The molecule has 1 unspecified atom stereocenters. The summed E-state index contributed by atoms with van der Waals surface area (Å²) in [5.41, 5.74) is 1.32. The van der Waals surface area contributed by atoms with Gasteiger partial charge >= 0.3 is 0 Å². The van der Waals surface area contributed by atoms with Gasteiger partial charge in [-0.25, -0.2) is 4.98 Å². The Morgan fingerprint density at radius 1 is 1.54 bits per heavy atom. The molecule has 0 aliphatic carbocycles. The molecule has 1 aliphatic rings. The van der Waals surface area contributed by atoms with Crippen LogP contribution in [0, 0.1) is 18.8 Å². The Labute approximate surface area is 80.0 Å². The van der Waals surface area contributed by atoms with Crippen LogP contribution in [-0.2, 0) is 13.0 Å². The van der Waals surface area contributed by atoms with Crippen LogP contribution in [0.4, 0.5) is 0 Å². The highest BCUT2D eigenvalue weighted by atomic mass is 15.1. The van der Waals surface area contributed by atoms with E-state index in [1.165, 1.54) is 30.9 Å². The topological polar surface area (TPSA) is 17.8 Å². The van der Waals surface area contributed by atoms with Gasteiger partial charge in [0.2, 0.25) is 0 Å². The van der Waals surface area contributed by atoms with Crippen LogP contribution in [0.1, 0.15) is 31.8 Å². The molecule has 0 spiro atoms. The van der Waals surface area contributed by atoms with Gasteiger partial charge in [-0.1, -0.05) is 13.8 Å². The lowest BCUT2D eigenvalue weighted by atomic mass is 9.87. The molecule has 13 heavy (non-hydrogen) atoms. The van der Waals surface area contributed by atoms with E-state index < -0.39 is 0 Å². The van der Waals surface area contributed by atoms with E-state index in [-0.39, 0.29) is 0 Å². The first kappa shape index (κ1) is 8.79. The summed E-state index contributed by atoms with van der Waals surface area (Å²) in [5.74, 6) is 2.93. The number of hydrogen-bond acceptors (Lipinski definition) is 1. The fourth-order valence-electron chi connectivity index (χ4n) is 2.18. The highest BCUT2D eigenvalue weighted by Gasteiger charge is 2.22. The lowest BCUT2D eigenvalue weighted by Gasteiger charge is -2.26. The molecule has 1 aromatic heterocycles. The summed E-state index contributed by atoms with van der Waals surface area (Å²) in [7, 11) is 0. The van der Waals surface area contributed by atoms with Crippen LogP contribution in [0.25, 0.3) is 0 Å². The number of aromatic nitrogens is 2. The van der Waals surface area contributed by atoms with Gasteiger partial charge in [0.05, 0.1) is 0 Å². The van der Waals surface area contributed by atoms with Gasteiger partial charge in [0.15, 0.2) is 0 Å². The van der Waals surface area contributed by atoms with E-state index in [9.17, 15) is 0 Å². The molecular weight excluding hydrogens is 160 g/mol. The highest BCUT2D eigenvalue weighted by Crippen LogP contribution is 2.26. The minimum absolute atomic E-state index is 0.797. The van der Waals surface area contributed by atoms with Crippen molar-refractivity contribution in [3.63, 3.8) is 0 Å². The van der Waals surface area contributed by atoms with Crippen LogP contribution in [0.3, 0.4) is 0 Å². The Morgan fingerprint density at radius 2 is 2.31 bits per heavy atom. The van der Waals surface area contributed by atoms with Gasteiger partial charge in [0.1, 0.15) is 5.82 Å². The van der Waals surface area contributed by atoms with Crippen molar-refractivity contribution in [1.29, 1.82) is 0 Å². The molecule has 0 bridgehead atoms. The van der Waals surface area contributed by atoms with Crippen molar-refractivity contribution >= 4 is 0 Å². The quantitative estimate of drug-likeness (QED) is 0.645. The van der Waals surface area contributed by atoms with Gasteiger partial charge in [-0.05, 0) is 25.2 Å². The molecule has 1 aliphatic heterocycles. The number of fused-ring (bicyclic) bond motifs is 1. The predicted octanol–water partition coefficient (Wildman–Crippen LogP) is 2.41. The number of nitrogens with zero attached hydrogens (tertiary/aromatic N) is 2. The Balaban J connectivity index is 2.21. The maximum absolute atomic E-state index is 4.45. The Morgan fingerprint density at radius 3 is 3.00 bits per heavy atom. The fourth-order valence-corrected chi connectivity index (χ4v) is 2.18. The van der Waals surface area contributed by atoms with Crippen LogP contribution < -0.4 is 0 Å². The Bertz CT molecular complexity index is 299. The molecular formula is C11H18N2. The first-order valence-corrected chi connectivity index (χ1v) is 5.19. The van der Waals surface area contributed by atoms with Crippen molar-refractivity contribution in [2.45, 2.75) is 40.2 Å². The zero-order valence-electron chi connectivity index (χ0n) is 8.75. The molecule has 2 heterocycles. The molecule has 0 aromatic carbocycles. The standard InChI is InChI=1S/C11H18N2/c1-8(2)10-4-5-13-9(3)7-12-11(13)6-10/h7-8,10H,4-6H2,1-3H3. The van der Waals surface area contributed by atoms with E-state index in [2.05, 4.69) is 30.3 Å². The van der Waals surface area contributed by atoms with Crippen LogP contribution in [-0.4, -0.2) is 9.55 Å². The van der Waals surface area contributed by atoms with Gasteiger partial charge in [-0.15, -0.1) is 0 Å². The third-order valence-corrected chi connectivity index (χ3v) is 3.25. The number of imidazole rings is 1. The number of hydrogen-bond donors (Lipinski definition) is 0. The first-order chi connectivity index (χ1) is 6.18. The van der Waals surface area contributed by atoms with Crippen molar-refractivity contribution in [3.8, 4) is 0 Å². The second-order valence-electron chi connectivity index (χ2n) is 4.46. The molecule has 0 saturated heterocycles. The second kappa shape index (κ2) is 3.17. The summed E-state index contributed by atoms with van der Waals surface area (Å²) in [6.45, 7) is 7.95. The minimum Gasteiger partial charge on any atom is -0.332 e. The minimum atomic E-state index is 0.797. The Kier molecular flexibility index (Phi) is 2.14. The van der Waals surface area contributed by atoms with E-state index in [0.717, 1.165) is 11.8 Å². The maximum Gasteiger partial charge on any atom is 0.109 e. The summed E-state index contributed by atoms with van der Waals surface area (Å²) in [5, 5.41) is 0. The van der Waals surface area contributed by atoms with Crippen molar-refractivity contribution in [2.75, 3.05) is 0 Å². The maximum atomic E-state index is 4.45. The van der Waals surface area contributed by atoms with E-state index >= 15 is 0 Å². The number of rotatable bonds is 1. The summed E-state index contributed by atoms with van der Waals surface area (Å²) in [4.78, 5) is 4.45. The van der Waals surface area contributed by atoms with E-state index in [0.29, 0.717) is 0 Å². The molecule has 0 radical (unpaired) electrons. The molecule has 0 fully saturated rings. The van der Waals surface area contributed by atoms with Gasteiger partial charge in [0, 0.05) is 24.9 Å². The van der Waals surface area contributed by atoms with Crippen LogP contribution in [0.15, 0.2) is 6.20 Å². The van der Waals surface area contributed by atoms with Gasteiger partial charge in [0.25, 0.3) is 0 Å². The van der Waals surface area contributed by atoms with Crippen LogP contribution in [0.2, 0.25) is 0 Å². The van der Waals surface area contributed by atoms with E-state index in [1.807, 2.05) is 6.20 Å². The average molecular weight is 178 g/mol. The lowest BCUT2D eigenvalue weighted by Crippen LogP contribution is -2.23.